The number of hydrogen-bond acceptors (Lipinski definition) is 5. The maximum absolute atomic E-state index is 13.1. The Kier molecular flexibility index (Phi) is 4.35. The predicted molar refractivity (Wildman–Crippen MR) is 104 cm³/mol. The Bertz CT molecular complexity index is 1070. The van der Waals surface area contributed by atoms with Crippen molar-refractivity contribution >= 4 is 22.4 Å². The highest BCUT2D eigenvalue weighted by Gasteiger charge is 2.25. The number of pyridine rings is 1. The first-order valence-corrected chi connectivity index (χ1v) is 8.97. The Hall–Kier alpha value is -3.22. The topological polar surface area (TPSA) is 71.3 Å². The van der Waals surface area contributed by atoms with E-state index in [4.69, 9.17) is 0 Å². The Morgan fingerprint density at radius 1 is 1.04 bits per heavy atom. The van der Waals surface area contributed by atoms with Gasteiger partial charge in [0.1, 0.15) is 0 Å². The van der Waals surface area contributed by atoms with Crippen molar-refractivity contribution in [2.75, 3.05) is 31.1 Å². The molecular weight excluding hydrogens is 342 g/mol. The minimum atomic E-state index is -0.194. The lowest BCUT2D eigenvalue weighted by atomic mass is 10.1. The van der Waals surface area contributed by atoms with Gasteiger partial charge in [0.25, 0.3) is 11.5 Å². The lowest BCUT2D eigenvalue weighted by molar-refractivity contribution is 0.0740. The second-order valence-electron chi connectivity index (χ2n) is 6.76. The lowest BCUT2D eigenvalue weighted by Crippen LogP contribution is -2.49. The molecule has 1 saturated heterocycles. The molecule has 3 heterocycles. The molecule has 1 aliphatic rings. The average molecular weight is 363 g/mol. The smallest absolute Gasteiger partial charge is 0.275 e. The maximum atomic E-state index is 13.1. The first-order chi connectivity index (χ1) is 13.0. The van der Waals surface area contributed by atoms with E-state index in [-0.39, 0.29) is 11.5 Å². The third-order valence-corrected chi connectivity index (χ3v) is 4.97. The van der Waals surface area contributed by atoms with E-state index in [1.54, 1.807) is 25.2 Å². The van der Waals surface area contributed by atoms with E-state index in [1.807, 2.05) is 30.2 Å². The number of aryl methyl sites for hydroxylation is 2. The van der Waals surface area contributed by atoms with Gasteiger partial charge in [-0.2, -0.15) is 5.10 Å². The molecule has 3 aromatic rings. The highest BCUT2D eigenvalue weighted by molar-refractivity contribution is 6.04. The van der Waals surface area contributed by atoms with Crippen molar-refractivity contribution in [2.45, 2.75) is 6.92 Å². The molecule has 4 rings (SSSR count). The molecule has 0 radical (unpaired) electrons. The Morgan fingerprint density at radius 3 is 2.44 bits per heavy atom. The van der Waals surface area contributed by atoms with Crippen LogP contribution in [0.5, 0.6) is 0 Å². The maximum Gasteiger partial charge on any atom is 0.275 e. The fourth-order valence-electron chi connectivity index (χ4n) is 3.50. The number of carbonyl (C=O) groups is 1. The predicted octanol–water partition coefficient (Wildman–Crippen LogP) is 1.60. The Labute approximate surface area is 156 Å². The molecular formula is C20H21N5O2. The van der Waals surface area contributed by atoms with Crippen LogP contribution in [0, 0.1) is 6.92 Å². The third kappa shape index (κ3) is 3.16. The van der Waals surface area contributed by atoms with Gasteiger partial charge in [-0.05, 0) is 25.1 Å². The molecule has 27 heavy (non-hydrogen) atoms. The molecule has 0 saturated carbocycles. The van der Waals surface area contributed by atoms with E-state index >= 15 is 0 Å². The van der Waals surface area contributed by atoms with Crippen LogP contribution in [0.4, 0.5) is 5.69 Å². The van der Waals surface area contributed by atoms with Crippen molar-refractivity contribution in [2.24, 2.45) is 7.05 Å². The summed E-state index contributed by atoms with van der Waals surface area (Å²) in [5.74, 6) is -0.132. The molecule has 1 fully saturated rings. The number of carbonyl (C=O) groups excluding carboxylic acids is 1. The van der Waals surface area contributed by atoms with Crippen molar-refractivity contribution in [1.29, 1.82) is 0 Å². The zero-order valence-electron chi connectivity index (χ0n) is 15.4. The van der Waals surface area contributed by atoms with E-state index in [2.05, 4.69) is 21.0 Å². The summed E-state index contributed by atoms with van der Waals surface area (Å²) in [4.78, 5) is 33.7. The van der Waals surface area contributed by atoms with E-state index in [0.717, 1.165) is 24.5 Å². The molecule has 0 bridgehead atoms. The van der Waals surface area contributed by atoms with Gasteiger partial charge in [-0.3, -0.25) is 14.6 Å². The quantitative estimate of drug-likeness (QED) is 0.692. The van der Waals surface area contributed by atoms with E-state index in [1.165, 1.54) is 4.68 Å². The van der Waals surface area contributed by atoms with Gasteiger partial charge in [-0.25, -0.2) is 4.68 Å². The summed E-state index contributed by atoms with van der Waals surface area (Å²) in [7, 11) is 1.58. The van der Waals surface area contributed by atoms with Gasteiger partial charge in [-0.15, -0.1) is 0 Å². The lowest BCUT2D eigenvalue weighted by Gasteiger charge is -2.36. The minimum absolute atomic E-state index is 0.132. The van der Waals surface area contributed by atoms with Gasteiger partial charge in [-0.1, -0.05) is 18.2 Å². The number of fused-ring (bicyclic) bond motifs is 1. The van der Waals surface area contributed by atoms with Gasteiger partial charge in [0, 0.05) is 56.2 Å². The Morgan fingerprint density at radius 2 is 1.74 bits per heavy atom. The molecule has 0 N–H and O–H groups in total. The van der Waals surface area contributed by atoms with E-state index < -0.39 is 0 Å². The van der Waals surface area contributed by atoms with Crippen LogP contribution in [-0.2, 0) is 7.05 Å². The van der Waals surface area contributed by atoms with Gasteiger partial charge in [0.05, 0.1) is 5.39 Å². The SMILES string of the molecule is Cc1cc(N2CCN(C(=O)c3nn(C)c(=O)c4ccccc34)CC2)ccn1. The number of aromatic nitrogens is 3. The standard InChI is InChI=1S/C20H21N5O2/c1-14-13-15(7-8-21-14)24-9-11-25(12-10-24)20(27)18-16-5-3-4-6-17(16)19(26)23(2)22-18/h3-8,13H,9-12H2,1-2H3. The molecule has 0 unspecified atom stereocenters. The van der Waals surface area contributed by atoms with Gasteiger partial charge in [0.15, 0.2) is 5.69 Å². The third-order valence-electron chi connectivity index (χ3n) is 4.97. The largest absolute Gasteiger partial charge is 0.368 e. The van der Waals surface area contributed by atoms with Crippen LogP contribution in [0.2, 0.25) is 0 Å². The zero-order valence-corrected chi connectivity index (χ0v) is 15.4. The van der Waals surface area contributed by atoms with Crippen LogP contribution in [0.25, 0.3) is 10.8 Å². The van der Waals surface area contributed by atoms with Crippen LogP contribution in [0.1, 0.15) is 16.2 Å². The monoisotopic (exact) mass is 363 g/mol. The first-order valence-electron chi connectivity index (χ1n) is 8.97. The second kappa shape index (κ2) is 6.83. The molecule has 0 atom stereocenters. The number of benzene rings is 1. The van der Waals surface area contributed by atoms with Crippen molar-refractivity contribution in [3.63, 3.8) is 0 Å². The number of amides is 1. The van der Waals surface area contributed by atoms with Gasteiger partial charge < -0.3 is 9.80 Å². The van der Waals surface area contributed by atoms with Gasteiger partial charge >= 0.3 is 0 Å². The van der Waals surface area contributed by atoms with Crippen LogP contribution < -0.4 is 10.5 Å². The van der Waals surface area contributed by atoms with Crippen molar-refractivity contribution in [3.8, 4) is 0 Å². The molecule has 1 amide bonds. The molecule has 1 aromatic carbocycles. The average Bonchev–Trinajstić information content (AvgIpc) is 2.70. The van der Waals surface area contributed by atoms with Crippen molar-refractivity contribution in [3.05, 3.63) is 64.3 Å². The molecule has 2 aromatic heterocycles. The summed E-state index contributed by atoms with van der Waals surface area (Å²) in [6, 6.07) is 11.2. The van der Waals surface area contributed by atoms with Gasteiger partial charge in [0.2, 0.25) is 0 Å². The summed E-state index contributed by atoms with van der Waals surface area (Å²) in [5.41, 5.74) is 2.24. The highest BCUT2D eigenvalue weighted by atomic mass is 16.2. The fraction of sp³-hybridized carbons (Fsp3) is 0.300. The highest BCUT2D eigenvalue weighted by Crippen LogP contribution is 2.19. The number of anilines is 1. The Balaban J connectivity index is 1.58. The van der Waals surface area contributed by atoms with Crippen LogP contribution in [0.3, 0.4) is 0 Å². The molecule has 7 heteroatoms. The fourth-order valence-corrected chi connectivity index (χ4v) is 3.50. The molecule has 0 spiro atoms. The van der Waals surface area contributed by atoms with E-state index in [0.29, 0.717) is 29.6 Å². The van der Waals surface area contributed by atoms with Crippen LogP contribution in [0.15, 0.2) is 47.4 Å². The number of rotatable bonds is 2. The second-order valence-corrected chi connectivity index (χ2v) is 6.76. The van der Waals surface area contributed by atoms with Crippen LogP contribution in [-0.4, -0.2) is 51.8 Å². The van der Waals surface area contributed by atoms with E-state index in [9.17, 15) is 9.59 Å². The number of nitrogens with zero attached hydrogens (tertiary/aromatic N) is 5. The first kappa shape index (κ1) is 17.2. The molecule has 1 aliphatic heterocycles. The zero-order chi connectivity index (χ0) is 19.0. The summed E-state index contributed by atoms with van der Waals surface area (Å²) >= 11 is 0. The molecule has 7 nitrogen and oxygen atoms in total. The summed E-state index contributed by atoms with van der Waals surface area (Å²) < 4.78 is 1.24. The minimum Gasteiger partial charge on any atom is -0.368 e. The van der Waals surface area contributed by atoms with Crippen molar-refractivity contribution < 1.29 is 4.79 Å². The normalized spacial score (nSPS) is 14.6. The number of piperazine rings is 1. The molecule has 0 aliphatic carbocycles. The van der Waals surface area contributed by atoms with Crippen molar-refractivity contribution in [1.82, 2.24) is 19.7 Å². The summed E-state index contributed by atoms with van der Waals surface area (Å²) in [6.07, 6.45) is 1.81. The number of hydrogen-bond donors (Lipinski definition) is 0. The summed E-state index contributed by atoms with van der Waals surface area (Å²) in [6.45, 7) is 4.69. The molecule has 138 valence electrons. The van der Waals surface area contributed by atoms with Crippen LogP contribution >= 0.6 is 0 Å². The summed E-state index contributed by atoms with van der Waals surface area (Å²) in [5, 5.41) is 5.38.